The van der Waals surface area contributed by atoms with E-state index < -0.39 is 0 Å². The largest absolute Gasteiger partial charge is 0.355 e. The van der Waals surface area contributed by atoms with Gasteiger partial charge in [0.05, 0.1) is 6.20 Å². The van der Waals surface area contributed by atoms with E-state index in [1.165, 1.54) is 12.0 Å². The van der Waals surface area contributed by atoms with E-state index in [1.807, 2.05) is 24.0 Å². The number of rotatable bonds is 2. The molecule has 3 rings (SSSR count). The summed E-state index contributed by atoms with van der Waals surface area (Å²) in [5.74, 6) is 0.619. The number of amides is 1. The number of hydrogen-bond acceptors (Lipinski definition) is 3. The van der Waals surface area contributed by atoms with Crippen molar-refractivity contribution in [2.75, 3.05) is 13.1 Å². The van der Waals surface area contributed by atoms with Crippen LogP contribution in [-0.2, 0) is 0 Å². The highest BCUT2D eigenvalue weighted by Crippen LogP contribution is 2.28. The van der Waals surface area contributed by atoms with Crippen molar-refractivity contribution < 1.29 is 9.32 Å². The first-order chi connectivity index (χ1) is 10.2. The van der Waals surface area contributed by atoms with E-state index in [0.29, 0.717) is 11.3 Å². The molecule has 0 radical (unpaired) electrons. The molecule has 21 heavy (non-hydrogen) atoms. The Morgan fingerprint density at radius 3 is 2.67 bits per heavy atom. The number of aryl methyl sites for hydroxylation is 2. The molecule has 1 aliphatic rings. The van der Waals surface area contributed by atoms with Crippen LogP contribution < -0.4 is 0 Å². The van der Waals surface area contributed by atoms with Crippen LogP contribution in [0.25, 0.3) is 11.3 Å². The molecule has 1 fully saturated rings. The monoisotopic (exact) mass is 284 g/mol. The van der Waals surface area contributed by atoms with Crippen molar-refractivity contribution in [2.45, 2.75) is 33.1 Å². The summed E-state index contributed by atoms with van der Waals surface area (Å²) in [6.07, 6.45) is 4.91. The van der Waals surface area contributed by atoms with E-state index in [2.05, 4.69) is 18.1 Å². The van der Waals surface area contributed by atoms with Gasteiger partial charge in [-0.3, -0.25) is 4.79 Å². The number of aromatic nitrogens is 1. The molecule has 0 atom stereocenters. The van der Waals surface area contributed by atoms with E-state index in [0.717, 1.165) is 37.1 Å². The van der Waals surface area contributed by atoms with Gasteiger partial charge in [0.25, 0.3) is 5.91 Å². The lowest BCUT2D eigenvalue weighted by molar-refractivity contribution is 0.0724. The van der Waals surface area contributed by atoms with Crippen molar-refractivity contribution in [3.05, 3.63) is 41.1 Å². The minimum atomic E-state index is 0.0333. The van der Waals surface area contributed by atoms with Crippen LogP contribution in [-0.4, -0.2) is 29.1 Å². The van der Waals surface area contributed by atoms with Crippen LogP contribution in [0, 0.1) is 13.8 Å². The highest BCUT2D eigenvalue weighted by atomic mass is 16.5. The van der Waals surface area contributed by atoms with Gasteiger partial charge in [-0.25, -0.2) is 0 Å². The van der Waals surface area contributed by atoms with E-state index in [4.69, 9.17) is 4.52 Å². The Morgan fingerprint density at radius 1 is 1.19 bits per heavy atom. The quantitative estimate of drug-likeness (QED) is 0.846. The zero-order valence-corrected chi connectivity index (χ0v) is 12.6. The van der Waals surface area contributed by atoms with Crippen LogP contribution in [0.1, 0.15) is 40.7 Å². The summed E-state index contributed by atoms with van der Waals surface area (Å²) < 4.78 is 5.39. The Labute approximate surface area is 124 Å². The topological polar surface area (TPSA) is 46.3 Å². The summed E-state index contributed by atoms with van der Waals surface area (Å²) in [4.78, 5) is 14.6. The van der Waals surface area contributed by atoms with Gasteiger partial charge < -0.3 is 9.42 Å². The van der Waals surface area contributed by atoms with E-state index in [-0.39, 0.29) is 5.91 Å². The first-order valence-corrected chi connectivity index (χ1v) is 7.48. The van der Waals surface area contributed by atoms with Crippen molar-refractivity contribution in [3.63, 3.8) is 0 Å². The second-order valence-electron chi connectivity index (χ2n) is 5.74. The lowest BCUT2D eigenvalue weighted by Gasteiger charge is -2.26. The van der Waals surface area contributed by atoms with Gasteiger partial charge in [-0.15, -0.1) is 0 Å². The molecule has 110 valence electrons. The van der Waals surface area contributed by atoms with Crippen molar-refractivity contribution >= 4 is 5.91 Å². The lowest BCUT2D eigenvalue weighted by atomic mass is 10.0. The van der Waals surface area contributed by atoms with Gasteiger partial charge in [-0.05, 0) is 38.7 Å². The Morgan fingerprint density at radius 2 is 1.95 bits per heavy atom. The second kappa shape index (κ2) is 5.72. The van der Waals surface area contributed by atoms with Crippen LogP contribution in [0.2, 0.25) is 0 Å². The number of piperidine rings is 1. The smallest absolute Gasteiger partial charge is 0.259 e. The molecule has 1 aromatic heterocycles. The summed E-state index contributed by atoms with van der Waals surface area (Å²) >= 11 is 0. The summed E-state index contributed by atoms with van der Waals surface area (Å²) in [7, 11) is 0. The summed E-state index contributed by atoms with van der Waals surface area (Å²) in [5, 5.41) is 3.86. The van der Waals surface area contributed by atoms with Gasteiger partial charge in [0, 0.05) is 18.7 Å². The highest BCUT2D eigenvalue weighted by Gasteiger charge is 2.24. The molecule has 0 bridgehead atoms. The SMILES string of the molecule is Cc1ccc(-c2oncc2C(=O)N2CCCCC2)c(C)c1. The Balaban J connectivity index is 1.95. The zero-order chi connectivity index (χ0) is 14.8. The van der Waals surface area contributed by atoms with E-state index in [1.54, 1.807) is 6.20 Å². The molecule has 4 nitrogen and oxygen atoms in total. The summed E-state index contributed by atoms with van der Waals surface area (Å²) in [6.45, 7) is 5.74. The fourth-order valence-electron chi connectivity index (χ4n) is 2.92. The predicted molar refractivity (Wildman–Crippen MR) is 81.2 cm³/mol. The molecule has 0 spiro atoms. The van der Waals surface area contributed by atoms with Crippen LogP contribution in [0.15, 0.2) is 28.9 Å². The van der Waals surface area contributed by atoms with Gasteiger partial charge in [0.15, 0.2) is 5.76 Å². The van der Waals surface area contributed by atoms with E-state index >= 15 is 0 Å². The molecule has 0 aliphatic carbocycles. The molecular formula is C17H20N2O2. The van der Waals surface area contributed by atoms with Gasteiger partial charge in [0.1, 0.15) is 5.56 Å². The minimum absolute atomic E-state index is 0.0333. The first kappa shape index (κ1) is 13.9. The molecule has 4 heteroatoms. The molecule has 1 aromatic carbocycles. The van der Waals surface area contributed by atoms with Gasteiger partial charge in [0.2, 0.25) is 0 Å². The number of carbonyl (C=O) groups is 1. The molecule has 0 N–H and O–H groups in total. The maximum atomic E-state index is 12.7. The molecule has 0 saturated carbocycles. The van der Waals surface area contributed by atoms with Crippen LogP contribution in [0.3, 0.4) is 0 Å². The maximum Gasteiger partial charge on any atom is 0.259 e. The number of hydrogen-bond donors (Lipinski definition) is 0. The molecule has 1 aliphatic heterocycles. The van der Waals surface area contributed by atoms with Crippen LogP contribution in [0.5, 0.6) is 0 Å². The van der Waals surface area contributed by atoms with Gasteiger partial charge in [-0.1, -0.05) is 28.9 Å². The Kier molecular flexibility index (Phi) is 3.78. The first-order valence-electron chi connectivity index (χ1n) is 7.48. The molecule has 2 aromatic rings. The average molecular weight is 284 g/mol. The highest BCUT2D eigenvalue weighted by molar-refractivity contribution is 5.99. The fraction of sp³-hybridized carbons (Fsp3) is 0.412. The zero-order valence-electron chi connectivity index (χ0n) is 12.6. The van der Waals surface area contributed by atoms with Crippen LogP contribution >= 0.6 is 0 Å². The number of likely N-dealkylation sites (tertiary alicyclic amines) is 1. The lowest BCUT2D eigenvalue weighted by Crippen LogP contribution is -2.35. The van der Waals surface area contributed by atoms with Crippen molar-refractivity contribution in [2.24, 2.45) is 0 Å². The summed E-state index contributed by atoms with van der Waals surface area (Å²) in [5.41, 5.74) is 3.81. The average Bonchev–Trinajstić information content (AvgIpc) is 2.96. The molecule has 1 saturated heterocycles. The summed E-state index contributed by atoms with van der Waals surface area (Å²) in [6, 6.07) is 6.12. The molecule has 1 amide bonds. The van der Waals surface area contributed by atoms with Crippen molar-refractivity contribution in [1.29, 1.82) is 0 Å². The maximum absolute atomic E-state index is 12.7. The van der Waals surface area contributed by atoms with E-state index in [9.17, 15) is 4.79 Å². The second-order valence-corrected chi connectivity index (χ2v) is 5.74. The molecule has 0 unspecified atom stereocenters. The number of benzene rings is 1. The van der Waals surface area contributed by atoms with Gasteiger partial charge >= 0.3 is 0 Å². The standard InChI is InChI=1S/C17H20N2O2/c1-12-6-7-14(13(2)10-12)16-15(11-18-21-16)17(20)19-8-4-3-5-9-19/h6-7,10-11H,3-5,8-9H2,1-2H3. The fourth-order valence-corrected chi connectivity index (χ4v) is 2.92. The number of carbonyl (C=O) groups excluding carboxylic acids is 1. The molecular weight excluding hydrogens is 264 g/mol. The minimum Gasteiger partial charge on any atom is -0.355 e. The Bertz CT molecular complexity index is 655. The third-order valence-corrected chi connectivity index (χ3v) is 4.07. The normalized spacial score (nSPS) is 15.2. The molecule has 2 heterocycles. The van der Waals surface area contributed by atoms with Gasteiger partial charge in [-0.2, -0.15) is 0 Å². The number of nitrogens with zero attached hydrogens (tertiary/aromatic N) is 2. The Hall–Kier alpha value is -2.10. The predicted octanol–water partition coefficient (Wildman–Crippen LogP) is 3.58. The van der Waals surface area contributed by atoms with Crippen LogP contribution in [0.4, 0.5) is 0 Å². The third-order valence-electron chi connectivity index (χ3n) is 4.07. The third kappa shape index (κ3) is 2.71. The van der Waals surface area contributed by atoms with Crippen molar-refractivity contribution in [1.82, 2.24) is 10.1 Å². The van der Waals surface area contributed by atoms with Crippen molar-refractivity contribution in [3.8, 4) is 11.3 Å².